The summed E-state index contributed by atoms with van der Waals surface area (Å²) >= 11 is 0. The predicted molar refractivity (Wildman–Crippen MR) is 49.0 cm³/mol. The first kappa shape index (κ1) is 12.6. The van der Waals surface area contributed by atoms with Crippen LogP contribution in [-0.4, -0.2) is 35.9 Å². The SMILES string of the molecule is C=CCC(CCOC)(C(=O)O)C(=O)O. The number of aliphatic carboxylic acids is 2. The Hall–Kier alpha value is -1.36. The fourth-order valence-electron chi connectivity index (χ4n) is 1.10. The molecule has 0 aromatic carbocycles. The molecule has 0 heterocycles. The monoisotopic (exact) mass is 202 g/mol. The molecule has 0 bridgehead atoms. The standard InChI is InChI=1S/C9H14O5/c1-3-4-9(7(10)11,8(12)13)5-6-14-2/h3H,1,4-6H2,2H3,(H,10,11)(H,12,13). The molecular weight excluding hydrogens is 188 g/mol. The molecule has 0 fully saturated rings. The summed E-state index contributed by atoms with van der Waals surface area (Å²) in [6.45, 7) is 3.44. The average molecular weight is 202 g/mol. The van der Waals surface area contributed by atoms with Crippen LogP contribution in [0.5, 0.6) is 0 Å². The van der Waals surface area contributed by atoms with Crippen LogP contribution < -0.4 is 0 Å². The fraction of sp³-hybridized carbons (Fsp3) is 0.556. The van der Waals surface area contributed by atoms with Gasteiger partial charge in [0.15, 0.2) is 5.41 Å². The second-order valence-corrected chi connectivity index (χ2v) is 2.93. The maximum absolute atomic E-state index is 10.9. The van der Waals surface area contributed by atoms with Gasteiger partial charge in [0.05, 0.1) is 0 Å². The van der Waals surface area contributed by atoms with Crippen molar-refractivity contribution < 1.29 is 24.5 Å². The number of hydrogen-bond donors (Lipinski definition) is 2. The van der Waals surface area contributed by atoms with Gasteiger partial charge in [0.1, 0.15) is 0 Å². The van der Waals surface area contributed by atoms with Crippen molar-refractivity contribution in [3.8, 4) is 0 Å². The second kappa shape index (κ2) is 5.39. The highest BCUT2D eigenvalue weighted by atomic mass is 16.5. The largest absolute Gasteiger partial charge is 0.480 e. The number of carboxylic acids is 2. The van der Waals surface area contributed by atoms with Gasteiger partial charge in [0.2, 0.25) is 0 Å². The molecule has 0 radical (unpaired) electrons. The van der Waals surface area contributed by atoms with Gasteiger partial charge < -0.3 is 14.9 Å². The molecule has 0 amide bonds. The van der Waals surface area contributed by atoms with Crippen molar-refractivity contribution in [2.75, 3.05) is 13.7 Å². The van der Waals surface area contributed by atoms with E-state index >= 15 is 0 Å². The van der Waals surface area contributed by atoms with E-state index in [1.54, 1.807) is 0 Å². The molecule has 5 heteroatoms. The van der Waals surface area contributed by atoms with Gasteiger partial charge in [-0.25, -0.2) is 0 Å². The number of carbonyl (C=O) groups is 2. The van der Waals surface area contributed by atoms with Crippen molar-refractivity contribution in [3.05, 3.63) is 12.7 Å². The minimum atomic E-state index is -1.81. The molecule has 0 unspecified atom stereocenters. The molecule has 2 N–H and O–H groups in total. The van der Waals surface area contributed by atoms with Crippen LogP contribution in [0.15, 0.2) is 12.7 Å². The summed E-state index contributed by atoms with van der Waals surface area (Å²) in [5.74, 6) is -2.72. The Bertz CT molecular complexity index is 219. The molecule has 0 aromatic rings. The van der Waals surface area contributed by atoms with Crippen molar-refractivity contribution in [1.29, 1.82) is 0 Å². The molecule has 0 aliphatic rings. The number of rotatable bonds is 7. The summed E-state index contributed by atoms with van der Waals surface area (Å²) in [5, 5.41) is 17.7. The first-order valence-corrected chi connectivity index (χ1v) is 4.08. The number of carboxylic acid groups (broad SMARTS) is 2. The maximum atomic E-state index is 10.9. The maximum Gasteiger partial charge on any atom is 0.321 e. The van der Waals surface area contributed by atoms with Gasteiger partial charge >= 0.3 is 11.9 Å². The van der Waals surface area contributed by atoms with E-state index in [2.05, 4.69) is 11.3 Å². The normalized spacial score (nSPS) is 10.9. The Morgan fingerprint density at radius 1 is 1.43 bits per heavy atom. The van der Waals surface area contributed by atoms with Crippen LogP contribution in [0.4, 0.5) is 0 Å². The van der Waals surface area contributed by atoms with E-state index in [9.17, 15) is 9.59 Å². The molecule has 14 heavy (non-hydrogen) atoms. The van der Waals surface area contributed by atoms with Crippen molar-refractivity contribution in [2.24, 2.45) is 5.41 Å². The molecule has 0 aliphatic heterocycles. The van der Waals surface area contributed by atoms with Gasteiger partial charge in [0.25, 0.3) is 0 Å². The molecule has 80 valence electrons. The summed E-state index contributed by atoms with van der Waals surface area (Å²) in [5.41, 5.74) is -1.81. The zero-order valence-electron chi connectivity index (χ0n) is 8.02. The molecule has 0 rings (SSSR count). The lowest BCUT2D eigenvalue weighted by Gasteiger charge is -2.22. The Kier molecular flexibility index (Phi) is 4.86. The van der Waals surface area contributed by atoms with E-state index in [0.717, 1.165) is 0 Å². The van der Waals surface area contributed by atoms with Crippen LogP contribution in [-0.2, 0) is 14.3 Å². The smallest absolute Gasteiger partial charge is 0.321 e. The zero-order chi connectivity index (χ0) is 11.2. The van der Waals surface area contributed by atoms with Gasteiger partial charge in [0, 0.05) is 13.7 Å². The summed E-state index contributed by atoms with van der Waals surface area (Å²) < 4.78 is 4.68. The Morgan fingerprint density at radius 3 is 2.21 bits per heavy atom. The highest BCUT2D eigenvalue weighted by molar-refractivity contribution is 5.98. The van der Waals surface area contributed by atoms with E-state index in [1.807, 2.05) is 0 Å². The van der Waals surface area contributed by atoms with Gasteiger partial charge in [-0.2, -0.15) is 0 Å². The van der Waals surface area contributed by atoms with Crippen LogP contribution in [0.25, 0.3) is 0 Å². The molecule has 0 aliphatic carbocycles. The minimum Gasteiger partial charge on any atom is -0.480 e. The van der Waals surface area contributed by atoms with E-state index < -0.39 is 17.4 Å². The first-order chi connectivity index (χ1) is 6.51. The van der Waals surface area contributed by atoms with Crippen LogP contribution in [0.3, 0.4) is 0 Å². The molecule has 0 saturated heterocycles. The predicted octanol–water partition coefficient (Wildman–Crippen LogP) is 0.755. The average Bonchev–Trinajstić information content (AvgIpc) is 2.11. The lowest BCUT2D eigenvalue weighted by molar-refractivity contribution is -0.165. The Balaban J connectivity index is 4.83. The van der Waals surface area contributed by atoms with E-state index in [4.69, 9.17) is 10.2 Å². The van der Waals surface area contributed by atoms with Crippen LogP contribution in [0.1, 0.15) is 12.8 Å². The van der Waals surface area contributed by atoms with Crippen LogP contribution in [0, 0.1) is 5.41 Å². The zero-order valence-corrected chi connectivity index (χ0v) is 8.02. The molecular formula is C9H14O5. The van der Waals surface area contributed by atoms with Crippen molar-refractivity contribution in [3.63, 3.8) is 0 Å². The summed E-state index contributed by atoms with van der Waals surface area (Å²) in [6, 6.07) is 0. The second-order valence-electron chi connectivity index (χ2n) is 2.93. The molecule has 0 aromatic heterocycles. The highest BCUT2D eigenvalue weighted by Crippen LogP contribution is 2.28. The van der Waals surface area contributed by atoms with E-state index in [-0.39, 0.29) is 19.4 Å². The lowest BCUT2D eigenvalue weighted by Crippen LogP contribution is -2.40. The third-order valence-electron chi connectivity index (χ3n) is 2.04. The number of hydrogen-bond acceptors (Lipinski definition) is 3. The summed E-state index contributed by atoms with van der Waals surface area (Å²) in [6.07, 6.45) is 1.11. The number of methoxy groups -OCH3 is 1. The molecule has 0 spiro atoms. The quantitative estimate of drug-likeness (QED) is 0.470. The minimum absolute atomic E-state index is 0.0693. The summed E-state index contributed by atoms with van der Waals surface area (Å²) in [4.78, 5) is 21.7. The third-order valence-corrected chi connectivity index (χ3v) is 2.04. The van der Waals surface area contributed by atoms with Gasteiger partial charge in [-0.3, -0.25) is 9.59 Å². The first-order valence-electron chi connectivity index (χ1n) is 4.08. The van der Waals surface area contributed by atoms with Gasteiger partial charge in [-0.05, 0) is 12.8 Å². The van der Waals surface area contributed by atoms with Crippen molar-refractivity contribution in [1.82, 2.24) is 0 Å². The van der Waals surface area contributed by atoms with Gasteiger partial charge in [-0.1, -0.05) is 6.08 Å². The van der Waals surface area contributed by atoms with E-state index in [1.165, 1.54) is 13.2 Å². The van der Waals surface area contributed by atoms with Gasteiger partial charge in [-0.15, -0.1) is 6.58 Å². The number of ether oxygens (including phenoxy) is 1. The molecule has 0 atom stereocenters. The summed E-state index contributed by atoms with van der Waals surface area (Å²) in [7, 11) is 1.39. The fourth-order valence-corrected chi connectivity index (χ4v) is 1.10. The van der Waals surface area contributed by atoms with Crippen LogP contribution in [0.2, 0.25) is 0 Å². The van der Waals surface area contributed by atoms with E-state index in [0.29, 0.717) is 0 Å². The van der Waals surface area contributed by atoms with Crippen molar-refractivity contribution >= 4 is 11.9 Å². The molecule has 5 nitrogen and oxygen atoms in total. The topological polar surface area (TPSA) is 83.8 Å². The van der Waals surface area contributed by atoms with Crippen molar-refractivity contribution in [2.45, 2.75) is 12.8 Å². The highest BCUT2D eigenvalue weighted by Gasteiger charge is 2.44. The Labute approximate surface area is 82.0 Å². The number of allylic oxidation sites excluding steroid dienone is 1. The lowest BCUT2D eigenvalue weighted by atomic mass is 9.81. The third kappa shape index (κ3) is 2.56. The molecule has 0 saturated carbocycles. The van der Waals surface area contributed by atoms with Crippen LogP contribution >= 0.6 is 0 Å². The Morgan fingerprint density at radius 2 is 1.93 bits per heavy atom.